The van der Waals surface area contributed by atoms with E-state index in [2.05, 4.69) is 15.5 Å². The number of likely N-dealkylation sites (N-methyl/N-ethyl adjacent to an activating group) is 1. The third-order valence-corrected chi connectivity index (χ3v) is 3.63. The summed E-state index contributed by atoms with van der Waals surface area (Å²) in [5.74, 6) is -2.22. The van der Waals surface area contributed by atoms with Gasteiger partial charge in [-0.3, -0.25) is 0 Å². The van der Waals surface area contributed by atoms with Crippen LogP contribution >= 0.6 is 0 Å². The molecule has 0 bridgehead atoms. The zero-order valence-corrected chi connectivity index (χ0v) is 11.7. The second-order valence-electron chi connectivity index (χ2n) is 5.11. The molecule has 0 aliphatic carbocycles. The van der Waals surface area contributed by atoms with Gasteiger partial charge in [0.25, 0.3) is 0 Å². The Hall–Kier alpha value is -2.15. The smallest absolute Gasteiger partial charge is 0.338 e. The van der Waals surface area contributed by atoms with Crippen LogP contribution in [0.1, 0.15) is 23.2 Å². The normalized spacial score (nSPS) is 18.5. The van der Waals surface area contributed by atoms with E-state index in [4.69, 9.17) is 5.11 Å². The maximum absolute atomic E-state index is 13.5. The van der Waals surface area contributed by atoms with Crippen LogP contribution in [-0.4, -0.2) is 48.2 Å². The summed E-state index contributed by atoms with van der Waals surface area (Å²) in [6.45, 7) is 1.55. The molecule has 6 nitrogen and oxygen atoms in total. The molecule has 1 unspecified atom stereocenters. The number of carbonyl (C=O) groups is 2. The van der Waals surface area contributed by atoms with Gasteiger partial charge in [-0.05, 0) is 44.6 Å². The number of urea groups is 1. The average molecular weight is 295 g/mol. The summed E-state index contributed by atoms with van der Waals surface area (Å²) in [5.41, 5.74) is -0.205. The summed E-state index contributed by atoms with van der Waals surface area (Å²) in [6, 6.07) is 3.36. The van der Waals surface area contributed by atoms with Gasteiger partial charge in [0, 0.05) is 18.3 Å². The van der Waals surface area contributed by atoms with Crippen molar-refractivity contribution in [2.75, 3.05) is 25.5 Å². The van der Waals surface area contributed by atoms with Crippen LogP contribution in [0.3, 0.4) is 0 Å². The Bertz CT molecular complexity index is 550. The molecule has 1 atom stereocenters. The van der Waals surface area contributed by atoms with Crippen molar-refractivity contribution in [2.45, 2.75) is 18.9 Å². The highest BCUT2D eigenvalue weighted by Gasteiger charge is 2.21. The predicted molar refractivity (Wildman–Crippen MR) is 76.0 cm³/mol. The molecule has 2 amide bonds. The van der Waals surface area contributed by atoms with Gasteiger partial charge in [0.15, 0.2) is 0 Å². The van der Waals surface area contributed by atoms with Gasteiger partial charge in [0.1, 0.15) is 5.82 Å². The number of amides is 2. The number of carbonyl (C=O) groups excluding carboxylic acids is 1. The lowest BCUT2D eigenvalue weighted by Gasteiger charge is -2.19. The minimum absolute atomic E-state index is 0.217. The number of anilines is 1. The Morgan fingerprint density at radius 1 is 1.48 bits per heavy atom. The number of rotatable bonds is 4. The first kappa shape index (κ1) is 15.2. The number of nitrogens with one attached hydrogen (secondary N) is 2. The molecule has 1 saturated heterocycles. The molecule has 0 radical (unpaired) electrons. The molecule has 114 valence electrons. The van der Waals surface area contributed by atoms with Gasteiger partial charge in [0.2, 0.25) is 0 Å². The summed E-state index contributed by atoms with van der Waals surface area (Å²) < 4.78 is 13.5. The molecular weight excluding hydrogens is 277 g/mol. The number of carboxylic acids is 1. The van der Waals surface area contributed by atoms with Gasteiger partial charge in [-0.2, -0.15) is 0 Å². The highest BCUT2D eigenvalue weighted by atomic mass is 19.1. The molecule has 0 aromatic heterocycles. The first-order valence-electron chi connectivity index (χ1n) is 6.75. The number of halogens is 1. The molecule has 0 saturated carbocycles. The average Bonchev–Trinajstić information content (AvgIpc) is 2.81. The number of carboxylic acid groups (broad SMARTS) is 1. The van der Waals surface area contributed by atoms with Gasteiger partial charge in [-0.1, -0.05) is 0 Å². The van der Waals surface area contributed by atoms with Crippen LogP contribution in [0.15, 0.2) is 18.2 Å². The first-order valence-corrected chi connectivity index (χ1v) is 6.75. The SMILES string of the molecule is CN1CCCC1CNC(=O)Nc1ccc(C(=O)O)c(F)c1. The van der Waals surface area contributed by atoms with E-state index in [-0.39, 0.29) is 5.69 Å². The molecular formula is C14H18FN3O3. The summed E-state index contributed by atoms with van der Waals surface area (Å²) in [5, 5.41) is 13.9. The van der Waals surface area contributed by atoms with Crippen molar-refractivity contribution >= 4 is 17.7 Å². The summed E-state index contributed by atoms with van der Waals surface area (Å²) in [7, 11) is 2.01. The second kappa shape index (κ2) is 6.53. The molecule has 1 aliphatic heterocycles. The minimum Gasteiger partial charge on any atom is -0.478 e. The highest BCUT2D eigenvalue weighted by Crippen LogP contribution is 2.15. The largest absolute Gasteiger partial charge is 0.478 e. The fourth-order valence-corrected chi connectivity index (χ4v) is 2.39. The molecule has 1 aromatic rings. The Morgan fingerprint density at radius 2 is 2.24 bits per heavy atom. The summed E-state index contributed by atoms with van der Waals surface area (Å²) in [6.07, 6.45) is 2.16. The van der Waals surface area contributed by atoms with E-state index in [1.807, 2.05) is 7.05 Å². The molecule has 2 rings (SSSR count). The zero-order valence-electron chi connectivity index (χ0n) is 11.7. The Labute approximate surface area is 121 Å². The Balaban J connectivity index is 1.87. The van der Waals surface area contributed by atoms with Gasteiger partial charge >= 0.3 is 12.0 Å². The van der Waals surface area contributed by atoms with Crippen LogP contribution in [0.25, 0.3) is 0 Å². The lowest BCUT2D eigenvalue weighted by molar-refractivity contribution is 0.0692. The topological polar surface area (TPSA) is 81.7 Å². The second-order valence-corrected chi connectivity index (χ2v) is 5.11. The number of nitrogens with zero attached hydrogens (tertiary/aromatic N) is 1. The quantitative estimate of drug-likeness (QED) is 0.790. The number of aromatic carboxylic acids is 1. The monoisotopic (exact) mass is 295 g/mol. The van der Waals surface area contributed by atoms with Crippen molar-refractivity contribution in [3.8, 4) is 0 Å². The van der Waals surface area contributed by atoms with Crippen LogP contribution in [0.5, 0.6) is 0 Å². The van der Waals surface area contributed by atoms with E-state index in [9.17, 15) is 14.0 Å². The van der Waals surface area contributed by atoms with Crippen molar-refractivity contribution in [3.05, 3.63) is 29.6 Å². The fourth-order valence-electron chi connectivity index (χ4n) is 2.39. The van der Waals surface area contributed by atoms with Crippen molar-refractivity contribution in [1.29, 1.82) is 0 Å². The van der Waals surface area contributed by atoms with Crippen LogP contribution in [0.4, 0.5) is 14.9 Å². The summed E-state index contributed by atoms with van der Waals surface area (Å²) in [4.78, 5) is 24.6. The minimum atomic E-state index is -1.34. The van der Waals surface area contributed by atoms with Gasteiger partial charge in [-0.25, -0.2) is 14.0 Å². The maximum atomic E-state index is 13.5. The van der Waals surface area contributed by atoms with E-state index in [1.165, 1.54) is 6.07 Å². The summed E-state index contributed by atoms with van der Waals surface area (Å²) >= 11 is 0. The molecule has 1 fully saturated rings. The van der Waals surface area contributed by atoms with Gasteiger partial charge < -0.3 is 20.6 Å². The lowest BCUT2D eigenvalue weighted by atomic mass is 10.2. The maximum Gasteiger partial charge on any atom is 0.338 e. The van der Waals surface area contributed by atoms with Gasteiger partial charge in [-0.15, -0.1) is 0 Å². The molecule has 3 N–H and O–H groups in total. The van der Waals surface area contributed by atoms with E-state index in [1.54, 1.807) is 0 Å². The zero-order chi connectivity index (χ0) is 15.4. The van der Waals surface area contributed by atoms with E-state index in [0.29, 0.717) is 12.6 Å². The van der Waals surface area contributed by atoms with E-state index >= 15 is 0 Å². The van der Waals surface area contributed by atoms with Crippen molar-refractivity contribution in [1.82, 2.24) is 10.2 Å². The van der Waals surface area contributed by atoms with Crippen LogP contribution in [0.2, 0.25) is 0 Å². The van der Waals surface area contributed by atoms with Crippen molar-refractivity contribution in [3.63, 3.8) is 0 Å². The molecule has 21 heavy (non-hydrogen) atoms. The number of likely N-dealkylation sites (tertiary alicyclic amines) is 1. The van der Waals surface area contributed by atoms with E-state index in [0.717, 1.165) is 31.5 Å². The van der Waals surface area contributed by atoms with Gasteiger partial charge in [0.05, 0.1) is 5.56 Å². The molecule has 1 heterocycles. The van der Waals surface area contributed by atoms with Crippen LogP contribution in [-0.2, 0) is 0 Å². The highest BCUT2D eigenvalue weighted by molar-refractivity contribution is 5.91. The molecule has 7 heteroatoms. The first-order chi connectivity index (χ1) is 9.97. The third-order valence-electron chi connectivity index (χ3n) is 3.63. The van der Waals surface area contributed by atoms with Crippen LogP contribution < -0.4 is 10.6 Å². The Kier molecular flexibility index (Phi) is 4.74. The molecule has 0 spiro atoms. The van der Waals surface area contributed by atoms with Crippen molar-refractivity contribution < 1.29 is 19.1 Å². The standard InChI is InChI=1S/C14H18FN3O3/c1-18-6-2-3-10(18)8-16-14(21)17-9-4-5-11(13(19)20)12(15)7-9/h4-5,7,10H,2-3,6,8H2,1H3,(H,19,20)(H2,16,17,21). The fraction of sp³-hybridized carbons (Fsp3) is 0.429. The molecule has 1 aromatic carbocycles. The Morgan fingerprint density at radius 3 is 2.81 bits per heavy atom. The number of hydrogen-bond donors (Lipinski definition) is 3. The van der Waals surface area contributed by atoms with Crippen molar-refractivity contribution in [2.24, 2.45) is 0 Å². The molecule has 1 aliphatic rings. The number of hydrogen-bond acceptors (Lipinski definition) is 3. The van der Waals surface area contributed by atoms with E-state index < -0.39 is 23.4 Å². The third kappa shape index (κ3) is 3.91. The number of benzene rings is 1. The predicted octanol–water partition coefficient (Wildman–Crippen LogP) is 1.74. The lowest BCUT2D eigenvalue weighted by Crippen LogP contribution is -2.40. The van der Waals surface area contributed by atoms with Crippen LogP contribution in [0, 0.1) is 5.82 Å².